The minimum atomic E-state index is 0.234. The Kier molecular flexibility index (Phi) is 3.03. The summed E-state index contributed by atoms with van der Waals surface area (Å²) in [5, 5.41) is 3.35. The van der Waals surface area contributed by atoms with E-state index in [0.29, 0.717) is 0 Å². The van der Waals surface area contributed by atoms with Crippen molar-refractivity contribution in [1.29, 1.82) is 0 Å². The molecule has 0 radical (unpaired) electrons. The van der Waals surface area contributed by atoms with Crippen molar-refractivity contribution < 1.29 is 4.74 Å². The van der Waals surface area contributed by atoms with Gasteiger partial charge < -0.3 is 10.1 Å². The molecule has 1 aromatic rings. The summed E-state index contributed by atoms with van der Waals surface area (Å²) in [6.07, 6.45) is 3.00. The van der Waals surface area contributed by atoms with Crippen molar-refractivity contribution in [2.75, 3.05) is 6.54 Å². The summed E-state index contributed by atoms with van der Waals surface area (Å²) in [5.74, 6) is 0.760. The number of aromatic nitrogens is 1. The lowest BCUT2D eigenvalue weighted by molar-refractivity contribution is 0.194. The SMILES string of the molecule is CCC1CNCc2c(Br)ccnc2O1. The van der Waals surface area contributed by atoms with Crippen molar-refractivity contribution in [2.24, 2.45) is 0 Å². The Bertz CT molecular complexity index is 330. The molecule has 0 amide bonds. The van der Waals surface area contributed by atoms with Crippen LogP contribution >= 0.6 is 15.9 Å². The molecule has 2 heterocycles. The van der Waals surface area contributed by atoms with Crippen molar-refractivity contribution in [3.8, 4) is 5.88 Å². The number of rotatable bonds is 1. The van der Waals surface area contributed by atoms with Gasteiger partial charge in [0, 0.05) is 29.3 Å². The Balaban J connectivity index is 2.32. The Morgan fingerprint density at radius 1 is 1.71 bits per heavy atom. The molecule has 0 aliphatic carbocycles. The first kappa shape index (κ1) is 9.93. The molecule has 0 spiro atoms. The third kappa shape index (κ3) is 1.91. The topological polar surface area (TPSA) is 34.2 Å². The van der Waals surface area contributed by atoms with E-state index in [4.69, 9.17) is 4.74 Å². The van der Waals surface area contributed by atoms with E-state index in [9.17, 15) is 0 Å². The van der Waals surface area contributed by atoms with Crippen LogP contribution in [0.15, 0.2) is 16.7 Å². The van der Waals surface area contributed by atoms with Crippen LogP contribution in [-0.4, -0.2) is 17.6 Å². The minimum absolute atomic E-state index is 0.234. The average molecular weight is 257 g/mol. The summed E-state index contributed by atoms with van der Waals surface area (Å²) >= 11 is 3.50. The summed E-state index contributed by atoms with van der Waals surface area (Å²) in [5.41, 5.74) is 1.11. The molecule has 1 aliphatic rings. The Morgan fingerprint density at radius 3 is 3.36 bits per heavy atom. The highest BCUT2D eigenvalue weighted by Crippen LogP contribution is 2.26. The second-order valence-electron chi connectivity index (χ2n) is 3.36. The molecule has 14 heavy (non-hydrogen) atoms. The van der Waals surface area contributed by atoms with Crippen LogP contribution in [0.5, 0.6) is 5.88 Å². The van der Waals surface area contributed by atoms with Gasteiger partial charge in [-0.3, -0.25) is 0 Å². The maximum absolute atomic E-state index is 5.78. The zero-order valence-corrected chi connectivity index (χ0v) is 9.67. The van der Waals surface area contributed by atoms with Gasteiger partial charge in [-0.2, -0.15) is 0 Å². The molecular formula is C10H13BrN2O. The highest BCUT2D eigenvalue weighted by atomic mass is 79.9. The molecule has 1 atom stereocenters. The molecule has 0 fully saturated rings. The first-order valence-corrected chi connectivity index (χ1v) is 5.61. The fraction of sp³-hybridized carbons (Fsp3) is 0.500. The number of ether oxygens (including phenoxy) is 1. The summed E-state index contributed by atoms with van der Waals surface area (Å²) in [6, 6.07) is 1.94. The van der Waals surface area contributed by atoms with Crippen molar-refractivity contribution >= 4 is 15.9 Å². The fourth-order valence-electron chi connectivity index (χ4n) is 1.50. The lowest BCUT2D eigenvalue weighted by Gasteiger charge is -2.13. The maximum Gasteiger partial charge on any atom is 0.219 e. The van der Waals surface area contributed by atoms with E-state index in [2.05, 4.69) is 33.2 Å². The number of nitrogens with zero attached hydrogens (tertiary/aromatic N) is 1. The smallest absolute Gasteiger partial charge is 0.219 e. The van der Waals surface area contributed by atoms with E-state index in [1.54, 1.807) is 6.20 Å². The van der Waals surface area contributed by atoms with Crippen LogP contribution in [0.3, 0.4) is 0 Å². The van der Waals surface area contributed by atoms with E-state index in [-0.39, 0.29) is 6.10 Å². The highest BCUT2D eigenvalue weighted by molar-refractivity contribution is 9.10. The summed E-state index contributed by atoms with van der Waals surface area (Å²) in [6.45, 7) is 3.83. The second kappa shape index (κ2) is 4.28. The van der Waals surface area contributed by atoms with Gasteiger partial charge in [0.15, 0.2) is 0 Å². The largest absolute Gasteiger partial charge is 0.473 e. The molecule has 76 valence electrons. The number of halogens is 1. The van der Waals surface area contributed by atoms with Crippen molar-refractivity contribution in [2.45, 2.75) is 26.0 Å². The predicted molar refractivity (Wildman–Crippen MR) is 58.4 cm³/mol. The first-order valence-electron chi connectivity index (χ1n) is 4.82. The Labute approximate surface area is 92.0 Å². The molecule has 4 heteroatoms. The molecule has 0 bridgehead atoms. The van der Waals surface area contributed by atoms with Crippen LogP contribution in [0.1, 0.15) is 18.9 Å². The van der Waals surface area contributed by atoms with Crippen LogP contribution in [0.4, 0.5) is 0 Å². The standard InChI is InChI=1S/C10H13BrN2O/c1-2-7-5-12-6-8-9(11)3-4-13-10(8)14-7/h3-4,7,12H,2,5-6H2,1H3. The normalized spacial score (nSPS) is 20.9. The molecule has 1 aromatic heterocycles. The van der Waals surface area contributed by atoms with Gasteiger partial charge in [0.1, 0.15) is 6.10 Å². The first-order chi connectivity index (χ1) is 6.81. The van der Waals surface area contributed by atoms with E-state index >= 15 is 0 Å². The van der Waals surface area contributed by atoms with Gasteiger partial charge in [0.25, 0.3) is 0 Å². The number of nitrogens with one attached hydrogen (secondary N) is 1. The van der Waals surface area contributed by atoms with E-state index in [1.165, 1.54) is 0 Å². The van der Waals surface area contributed by atoms with Crippen LogP contribution in [-0.2, 0) is 6.54 Å². The van der Waals surface area contributed by atoms with Gasteiger partial charge in [0.05, 0.1) is 0 Å². The number of fused-ring (bicyclic) bond motifs is 1. The quantitative estimate of drug-likeness (QED) is 0.836. The third-order valence-electron chi connectivity index (χ3n) is 2.37. The lowest BCUT2D eigenvalue weighted by atomic mass is 10.3. The summed E-state index contributed by atoms with van der Waals surface area (Å²) in [4.78, 5) is 4.25. The molecule has 3 nitrogen and oxygen atoms in total. The molecule has 2 rings (SSSR count). The predicted octanol–water partition coefficient (Wildman–Crippen LogP) is 2.10. The molecular weight excluding hydrogens is 244 g/mol. The van der Waals surface area contributed by atoms with E-state index < -0.39 is 0 Å². The Morgan fingerprint density at radius 2 is 2.57 bits per heavy atom. The monoisotopic (exact) mass is 256 g/mol. The number of hydrogen-bond acceptors (Lipinski definition) is 3. The van der Waals surface area contributed by atoms with Crippen molar-refractivity contribution in [1.82, 2.24) is 10.3 Å². The van der Waals surface area contributed by atoms with Crippen LogP contribution < -0.4 is 10.1 Å². The van der Waals surface area contributed by atoms with Gasteiger partial charge in [-0.1, -0.05) is 22.9 Å². The number of hydrogen-bond donors (Lipinski definition) is 1. The van der Waals surface area contributed by atoms with E-state index in [0.717, 1.165) is 35.4 Å². The zero-order valence-electron chi connectivity index (χ0n) is 8.09. The maximum atomic E-state index is 5.78. The Hall–Kier alpha value is -0.610. The van der Waals surface area contributed by atoms with Gasteiger partial charge in [-0.15, -0.1) is 0 Å². The van der Waals surface area contributed by atoms with Gasteiger partial charge in [0.2, 0.25) is 5.88 Å². The van der Waals surface area contributed by atoms with Gasteiger partial charge >= 0.3 is 0 Å². The van der Waals surface area contributed by atoms with Crippen molar-refractivity contribution in [3.05, 3.63) is 22.3 Å². The van der Waals surface area contributed by atoms with Crippen LogP contribution in [0, 0.1) is 0 Å². The third-order valence-corrected chi connectivity index (χ3v) is 3.11. The molecule has 1 N–H and O–H groups in total. The lowest BCUT2D eigenvalue weighted by Crippen LogP contribution is -2.27. The van der Waals surface area contributed by atoms with E-state index in [1.807, 2.05) is 6.07 Å². The van der Waals surface area contributed by atoms with Gasteiger partial charge in [-0.25, -0.2) is 4.98 Å². The van der Waals surface area contributed by atoms with Crippen molar-refractivity contribution in [3.63, 3.8) is 0 Å². The van der Waals surface area contributed by atoms with Crippen LogP contribution in [0.2, 0.25) is 0 Å². The molecule has 0 saturated heterocycles. The average Bonchev–Trinajstić information content (AvgIpc) is 2.40. The fourth-order valence-corrected chi connectivity index (χ4v) is 1.93. The number of pyridine rings is 1. The van der Waals surface area contributed by atoms with Gasteiger partial charge in [-0.05, 0) is 12.5 Å². The molecule has 1 aliphatic heterocycles. The highest BCUT2D eigenvalue weighted by Gasteiger charge is 2.18. The summed E-state index contributed by atoms with van der Waals surface area (Å²) in [7, 11) is 0. The van der Waals surface area contributed by atoms with Crippen LogP contribution in [0.25, 0.3) is 0 Å². The molecule has 1 unspecified atom stereocenters. The minimum Gasteiger partial charge on any atom is -0.473 e. The second-order valence-corrected chi connectivity index (χ2v) is 4.21. The molecule has 0 saturated carbocycles. The molecule has 0 aromatic carbocycles. The zero-order chi connectivity index (χ0) is 9.97. The summed E-state index contributed by atoms with van der Waals surface area (Å²) < 4.78 is 6.85.